The van der Waals surface area contributed by atoms with Crippen molar-refractivity contribution < 1.29 is 14.7 Å². The van der Waals surface area contributed by atoms with Crippen LogP contribution in [0.1, 0.15) is 22.7 Å². The van der Waals surface area contributed by atoms with Gasteiger partial charge in [0.15, 0.2) is 0 Å². The smallest absolute Gasteiger partial charge is 0.302 e. The molecule has 1 atom stereocenters. The fourth-order valence-corrected chi connectivity index (χ4v) is 3.83. The number of aromatic nitrogens is 3. The molecule has 1 unspecified atom stereocenters. The number of H-pyrrole nitrogens is 1. The highest BCUT2D eigenvalue weighted by Crippen LogP contribution is 2.41. The van der Waals surface area contributed by atoms with E-state index in [0.717, 1.165) is 11.1 Å². The van der Waals surface area contributed by atoms with Gasteiger partial charge in [-0.25, -0.2) is 4.98 Å². The number of fused-ring (bicyclic) bond motifs is 1. The van der Waals surface area contributed by atoms with Gasteiger partial charge in [0.1, 0.15) is 5.76 Å². The van der Waals surface area contributed by atoms with E-state index in [4.69, 9.17) is 0 Å². The van der Waals surface area contributed by atoms with Crippen LogP contribution in [0.4, 0.5) is 5.95 Å². The highest BCUT2D eigenvalue weighted by Gasteiger charge is 2.48. The van der Waals surface area contributed by atoms with E-state index in [-0.39, 0.29) is 17.3 Å². The zero-order valence-corrected chi connectivity index (χ0v) is 16.6. The van der Waals surface area contributed by atoms with Crippen LogP contribution in [0.15, 0.2) is 78.6 Å². The number of anilines is 1. The van der Waals surface area contributed by atoms with Gasteiger partial charge in [-0.05, 0) is 36.8 Å². The number of carbonyl (C=O) groups excluding carboxylic acids is 2. The maximum atomic E-state index is 13.1. The molecule has 1 fully saturated rings. The number of para-hydroxylation sites is 2. The predicted octanol–water partition coefficient (Wildman–Crippen LogP) is 3.89. The van der Waals surface area contributed by atoms with Crippen LogP contribution >= 0.6 is 0 Å². The first kappa shape index (κ1) is 18.7. The molecule has 7 nitrogen and oxygen atoms in total. The number of amides is 1. The quantitative estimate of drug-likeness (QED) is 0.303. The van der Waals surface area contributed by atoms with E-state index in [9.17, 15) is 14.7 Å². The number of aliphatic hydroxyl groups is 1. The van der Waals surface area contributed by atoms with Gasteiger partial charge in [0.25, 0.3) is 5.78 Å². The Morgan fingerprint density at radius 2 is 1.71 bits per heavy atom. The van der Waals surface area contributed by atoms with Crippen molar-refractivity contribution in [1.29, 1.82) is 0 Å². The lowest BCUT2D eigenvalue weighted by Crippen LogP contribution is -2.30. The maximum absolute atomic E-state index is 13.1. The lowest BCUT2D eigenvalue weighted by molar-refractivity contribution is -0.132. The topological polar surface area (TPSA) is 99.2 Å². The number of carbonyl (C=O) groups is 2. The van der Waals surface area contributed by atoms with Crippen LogP contribution in [-0.4, -0.2) is 31.7 Å². The van der Waals surface area contributed by atoms with Crippen LogP contribution in [-0.2, 0) is 9.59 Å². The average molecular weight is 410 g/mol. The molecule has 2 aromatic carbocycles. The standard InChI is InChI=1S/C24H18N4O3/c1-14-6-8-16(9-7-14)21(29)19-20(15-10-12-25-13-11-15)28(23(31)22(19)30)24-26-17-4-2-3-5-18(17)27-24/h2-13,20,29H,1H3,(H,26,27)/b21-19+. The van der Waals surface area contributed by atoms with Gasteiger partial charge < -0.3 is 10.1 Å². The molecule has 0 aliphatic carbocycles. The third kappa shape index (κ3) is 3.07. The van der Waals surface area contributed by atoms with Gasteiger partial charge in [-0.3, -0.25) is 19.5 Å². The molecule has 4 aromatic rings. The minimum atomic E-state index is -0.843. The summed E-state index contributed by atoms with van der Waals surface area (Å²) in [6.07, 6.45) is 3.17. The Morgan fingerprint density at radius 1 is 1.00 bits per heavy atom. The number of aryl methyl sites for hydroxylation is 1. The van der Waals surface area contributed by atoms with Gasteiger partial charge >= 0.3 is 5.91 Å². The predicted molar refractivity (Wildman–Crippen MR) is 116 cm³/mol. The maximum Gasteiger partial charge on any atom is 0.302 e. The summed E-state index contributed by atoms with van der Waals surface area (Å²) >= 11 is 0. The third-order valence-corrected chi connectivity index (χ3v) is 5.40. The summed E-state index contributed by atoms with van der Waals surface area (Å²) in [6.45, 7) is 1.93. The van der Waals surface area contributed by atoms with Crippen LogP contribution < -0.4 is 4.90 Å². The molecule has 2 aromatic heterocycles. The SMILES string of the molecule is Cc1ccc(/C(O)=C2\C(=O)C(=O)N(c3nc4ccccc4[nH]3)C2c2ccncc2)cc1. The highest BCUT2D eigenvalue weighted by atomic mass is 16.3. The number of pyridine rings is 1. The molecule has 152 valence electrons. The molecule has 0 saturated carbocycles. The third-order valence-electron chi connectivity index (χ3n) is 5.40. The second-order valence-electron chi connectivity index (χ2n) is 7.39. The van der Waals surface area contributed by atoms with E-state index in [2.05, 4.69) is 15.0 Å². The van der Waals surface area contributed by atoms with E-state index in [1.165, 1.54) is 4.90 Å². The van der Waals surface area contributed by atoms with E-state index >= 15 is 0 Å². The monoisotopic (exact) mass is 410 g/mol. The van der Waals surface area contributed by atoms with Gasteiger partial charge in [-0.15, -0.1) is 0 Å². The Bertz CT molecular complexity index is 1310. The minimum Gasteiger partial charge on any atom is -0.507 e. The molecule has 7 heteroatoms. The van der Waals surface area contributed by atoms with Gasteiger partial charge in [0, 0.05) is 18.0 Å². The number of benzene rings is 2. The van der Waals surface area contributed by atoms with E-state index in [0.29, 0.717) is 16.6 Å². The molecular formula is C24H18N4O3. The molecule has 0 radical (unpaired) electrons. The molecule has 1 aliphatic heterocycles. The fourth-order valence-electron chi connectivity index (χ4n) is 3.83. The molecule has 2 N–H and O–H groups in total. The summed E-state index contributed by atoms with van der Waals surface area (Å²) in [7, 11) is 0. The number of aliphatic hydroxyl groups excluding tert-OH is 1. The minimum absolute atomic E-state index is 0.0144. The number of imidazole rings is 1. The van der Waals surface area contributed by atoms with Crippen molar-refractivity contribution in [1.82, 2.24) is 15.0 Å². The summed E-state index contributed by atoms with van der Waals surface area (Å²) in [4.78, 5) is 39.2. The largest absolute Gasteiger partial charge is 0.507 e. The Morgan fingerprint density at radius 3 is 2.42 bits per heavy atom. The number of nitrogens with one attached hydrogen (secondary N) is 1. The second kappa shape index (κ2) is 7.21. The van der Waals surface area contributed by atoms with E-state index in [1.807, 2.05) is 43.3 Å². The number of nitrogens with zero attached hydrogens (tertiary/aromatic N) is 3. The summed E-state index contributed by atoms with van der Waals surface area (Å²) in [5, 5.41) is 11.1. The Balaban J connectivity index is 1.73. The molecule has 3 heterocycles. The molecule has 0 bridgehead atoms. The first-order chi connectivity index (χ1) is 15.0. The van der Waals surface area contributed by atoms with Crippen molar-refractivity contribution in [2.45, 2.75) is 13.0 Å². The zero-order valence-electron chi connectivity index (χ0n) is 16.6. The van der Waals surface area contributed by atoms with Crippen LogP contribution in [0.25, 0.3) is 16.8 Å². The summed E-state index contributed by atoms with van der Waals surface area (Å²) < 4.78 is 0. The Hall–Kier alpha value is -4.26. The molecule has 1 amide bonds. The number of rotatable bonds is 3. The van der Waals surface area contributed by atoms with Crippen molar-refractivity contribution in [2.75, 3.05) is 4.90 Å². The number of hydrogen-bond donors (Lipinski definition) is 2. The van der Waals surface area contributed by atoms with Gasteiger partial charge in [0.2, 0.25) is 5.95 Å². The highest BCUT2D eigenvalue weighted by molar-refractivity contribution is 6.51. The van der Waals surface area contributed by atoms with Crippen LogP contribution in [0.5, 0.6) is 0 Å². The first-order valence-electron chi connectivity index (χ1n) is 9.77. The normalized spacial score (nSPS) is 18.1. The number of ketones is 1. The van der Waals surface area contributed by atoms with E-state index in [1.54, 1.807) is 36.7 Å². The fraction of sp³-hybridized carbons (Fsp3) is 0.0833. The van der Waals surface area contributed by atoms with Crippen LogP contribution in [0.2, 0.25) is 0 Å². The molecule has 0 spiro atoms. The summed E-state index contributed by atoms with van der Waals surface area (Å²) in [5.74, 6) is -1.50. The van der Waals surface area contributed by atoms with Crippen molar-refractivity contribution in [2.24, 2.45) is 0 Å². The Kier molecular flexibility index (Phi) is 4.36. The first-order valence-corrected chi connectivity index (χ1v) is 9.77. The molecule has 1 aliphatic rings. The van der Waals surface area contributed by atoms with Crippen molar-refractivity contribution >= 4 is 34.4 Å². The lowest BCUT2D eigenvalue weighted by atomic mass is 9.96. The van der Waals surface area contributed by atoms with Crippen LogP contribution in [0, 0.1) is 6.92 Å². The van der Waals surface area contributed by atoms with Crippen molar-refractivity contribution in [3.63, 3.8) is 0 Å². The van der Waals surface area contributed by atoms with Crippen molar-refractivity contribution in [3.8, 4) is 0 Å². The Labute approximate surface area is 177 Å². The number of hydrogen-bond acceptors (Lipinski definition) is 5. The summed E-state index contributed by atoms with van der Waals surface area (Å²) in [5.41, 5.74) is 3.55. The molecular weight excluding hydrogens is 392 g/mol. The van der Waals surface area contributed by atoms with Crippen LogP contribution in [0.3, 0.4) is 0 Å². The number of aromatic amines is 1. The number of Topliss-reactive ketones (excluding diaryl/α,β-unsaturated/α-hetero) is 1. The zero-order chi connectivity index (χ0) is 21.5. The summed E-state index contributed by atoms with van der Waals surface area (Å²) in [6, 6.07) is 17.1. The van der Waals surface area contributed by atoms with Gasteiger partial charge in [-0.2, -0.15) is 0 Å². The van der Waals surface area contributed by atoms with Gasteiger partial charge in [0.05, 0.1) is 22.6 Å². The van der Waals surface area contributed by atoms with Crippen molar-refractivity contribution in [3.05, 3.63) is 95.3 Å². The van der Waals surface area contributed by atoms with Gasteiger partial charge in [-0.1, -0.05) is 42.0 Å². The second-order valence-corrected chi connectivity index (χ2v) is 7.39. The molecule has 31 heavy (non-hydrogen) atoms. The lowest BCUT2D eigenvalue weighted by Gasteiger charge is -2.22. The van der Waals surface area contributed by atoms with E-state index < -0.39 is 17.7 Å². The molecule has 1 saturated heterocycles. The molecule has 5 rings (SSSR count). The average Bonchev–Trinajstić information content (AvgIpc) is 3.33.